The molecule has 0 spiro atoms. The highest BCUT2D eigenvalue weighted by molar-refractivity contribution is 6.33. The van der Waals surface area contributed by atoms with Gasteiger partial charge in [-0.2, -0.15) is 4.98 Å². The second-order valence-electron chi connectivity index (χ2n) is 10.6. The number of fused-ring (bicyclic) bond motifs is 1. The number of aliphatic imine (C=N–C) groups is 1. The number of benzene rings is 3. The first-order valence-electron chi connectivity index (χ1n) is 13.7. The number of nitrogen functional groups attached to an aromatic ring is 1. The third kappa shape index (κ3) is 5.94. The molecule has 3 aromatic carbocycles. The molecule has 1 aliphatic heterocycles. The normalized spacial score (nSPS) is 18.8. The fourth-order valence-electron chi connectivity index (χ4n) is 5.76. The number of amidine groups is 1. The number of carbonyl (C=O) groups is 1. The molecule has 0 bridgehead atoms. The summed E-state index contributed by atoms with van der Waals surface area (Å²) in [7, 11) is 5.00. The standard InChI is InChI=1S/C31H34FN7O4/c1-38(30-35-23-16-25(43-3)24(42-2)15-22(23)27(33)37-30)18-31(19-7-5-4-6-8-19)13-14-39(21-11-9-20(32)10-12-21)26(17-31)36-28(34)29(40)41/h4-12,15-16,26H,13-14,17-18H2,1-3H3,(H2,34,36)(H,40,41)(H2,33,35,37). The Hall–Kier alpha value is -5.13. The highest BCUT2D eigenvalue weighted by Gasteiger charge is 2.43. The molecule has 1 aromatic heterocycles. The Bertz CT molecular complexity index is 1650. The topological polar surface area (TPSA) is 152 Å². The van der Waals surface area contributed by atoms with Crippen molar-refractivity contribution >= 4 is 40.2 Å². The van der Waals surface area contributed by atoms with Crippen molar-refractivity contribution in [2.24, 2.45) is 10.7 Å². The first-order valence-corrected chi connectivity index (χ1v) is 13.7. The Morgan fingerprint density at radius 2 is 1.79 bits per heavy atom. The number of aromatic nitrogens is 2. The van der Waals surface area contributed by atoms with Crippen LogP contribution in [0.3, 0.4) is 0 Å². The lowest BCUT2D eigenvalue weighted by Crippen LogP contribution is -2.53. The van der Waals surface area contributed by atoms with Crippen molar-refractivity contribution in [3.8, 4) is 11.5 Å². The average Bonchev–Trinajstić information content (AvgIpc) is 3.01. The number of carboxylic acid groups (broad SMARTS) is 1. The second kappa shape index (κ2) is 12.0. The van der Waals surface area contributed by atoms with E-state index in [-0.39, 0.29) is 5.82 Å². The Labute approximate surface area is 248 Å². The fraction of sp³-hybridized carbons (Fsp3) is 0.290. The molecule has 1 fully saturated rings. The quantitative estimate of drug-likeness (QED) is 0.205. The highest BCUT2D eigenvalue weighted by atomic mass is 19.1. The Morgan fingerprint density at radius 3 is 2.44 bits per heavy atom. The van der Waals surface area contributed by atoms with Gasteiger partial charge in [0.25, 0.3) is 0 Å². The zero-order valence-corrected chi connectivity index (χ0v) is 24.2. The monoisotopic (exact) mass is 587 g/mol. The number of anilines is 3. The largest absolute Gasteiger partial charge is 0.493 e. The molecule has 11 nitrogen and oxygen atoms in total. The van der Waals surface area contributed by atoms with E-state index in [0.717, 1.165) is 11.3 Å². The third-order valence-corrected chi connectivity index (χ3v) is 7.92. The number of nitrogens with zero attached hydrogens (tertiary/aromatic N) is 5. The molecule has 0 saturated carbocycles. The van der Waals surface area contributed by atoms with E-state index in [2.05, 4.69) is 22.1 Å². The van der Waals surface area contributed by atoms with E-state index in [9.17, 15) is 14.3 Å². The molecule has 0 radical (unpaired) electrons. The van der Waals surface area contributed by atoms with E-state index < -0.39 is 23.4 Å². The molecule has 2 unspecified atom stereocenters. The molecule has 224 valence electrons. The maximum Gasteiger partial charge on any atom is 0.371 e. The van der Waals surface area contributed by atoms with Gasteiger partial charge in [0, 0.05) is 42.7 Å². The summed E-state index contributed by atoms with van der Waals surface area (Å²) in [6.07, 6.45) is 0.454. The van der Waals surface area contributed by atoms with Crippen LogP contribution < -0.4 is 30.7 Å². The van der Waals surface area contributed by atoms with Crippen LogP contribution in [0.1, 0.15) is 18.4 Å². The molecular weight excluding hydrogens is 553 g/mol. The van der Waals surface area contributed by atoms with Crippen LogP contribution in [-0.2, 0) is 10.2 Å². The molecule has 0 aliphatic carbocycles. The van der Waals surface area contributed by atoms with E-state index in [4.69, 9.17) is 25.9 Å². The number of hydrogen-bond acceptors (Lipinski definition) is 9. The SMILES string of the molecule is COc1cc2nc(N(C)CC3(c4ccccc4)CCN(c4ccc(F)cc4)C(/N=C(\N)C(=O)O)C3)nc(N)c2cc1OC. The minimum absolute atomic E-state index is 0.296. The van der Waals surface area contributed by atoms with Gasteiger partial charge in [0.15, 0.2) is 11.5 Å². The first-order chi connectivity index (χ1) is 20.6. The maximum atomic E-state index is 13.7. The summed E-state index contributed by atoms with van der Waals surface area (Å²) >= 11 is 0. The Kier molecular flexibility index (Phi) is 8.20. The highest BCUT2D eigenvalue weighted by Crippen LogP contribution is 2.42. The van der Waals surface area contributed by atoms with Gasteiger partial charge in [-0.15, -0.1) is 0 Å². The molecule has 5 rings (SSSR count). The van der Waals surface area contributed by atoms with Crippen molar-refractivity contribution in [1.82, 2.24) is 9.97 Å². The van der Waals surface area contributed by atoms with E-state index in [1.165, 1.54) is 12.1 Å². The van der Waals surface area contributed by atoms with Crippen LogP contribution in [0.15, 0.2) is 71.7 Å². The number of carboxylic acids is 1. The Balaban J connectivity index is 1.55. The number of piperidine rings is 1. The molecule has 2 atom stereocenters. The van der Waals surface area contributed by atoms with Crippen molar-refractivity contribution in [1.29, 1.82) is 0 Å². The summed E-state index contributed by atoms with van der Waals surface area (Å²) in [4.78, 5) is 29.4. The van der Waals surface area contributed by atoms with Gasteiger partial charge in [-0.3, -0.25) is 0 Å². The number of aliphatic carboxylic acids is 1. The van der Waals surface area contributed by atoms with Gasteiger partial charge < -0.3 is 35.8 Å². The number of halogens is 1. The first kappa shape index (κ1) is 29.4. The van der Waals surface area contributed by atoms with Crippen LogP contribution in [0.2, 0.25) is 0 Å². The van der Waals surface area contributed by atoms with Gasteiger partial charge in [0.2, 0.25) is 11.8 Å². The molecular formula is C31H34FN7O4. The van der Waals surface area contributed by atoms with Crippen molar-refractivity contribution < 1.29 is 23.8 Å². The molecule has 5 N–H and O–H groups in total. The Morgan fingerprint density at radius 1 is 1.12 bits per heavy atom. The number of nitrogens with two attached hydrogens (primary N) is 2. The van der Waals surface area contributed by atoms with E-state index in [0.29, 0.717) is 60.1 Å². The third-order valence-electron chi connectivity index (χ3n) is 7.92. The number of likely N-dealkylation sites (N-methyl/N-ethyl adjacent to an activating group) is 1. The lowest BCUT2D eigenvalue weighted by Gasteiger charge is -2.48. The summed E-state index contributed by atoms with van der Waals surface area (Å²) in [6, 6.07) is 19.6. The van der Waals surface area contributed by atoms with Crippen molar-refractivity contribution in [2.75, 3.05) is 49.9 Å². The van der Waals surface area contributed by atoms with Gasteiger partial charge in [0.1, 0.15) is 17.8 Å². The summed E-state index contributed by atoms with van der Waals surface area (Å²) in [5, 5.41) is 10.2. The zero-order valence-electron chi connectivity index (χ0n) is 24.2. The van der Waals surface area contributed by atoms with Gasteiger partial charge >= 0.3 is 5.97 Å². The van der Waals surface area contributed by atoms with E-state index >= 15 is 0 Å². The fourth-order valence-corrected chi connectivity index (χ4v) is 5.76. The minimum atomic E-state index is -1.31. The van der Waals surface area contributed by atoms with Crippen LogP contribution in [0.5, 0.6) is 11.5 Å². The molecule has 43 heavy (non-hydrogen) atoms. The van der Waals surface area contributed by atoms with Gasteiger partial charge in [0.05, 0.1) is 19.7 Å². The summed E-state index contributed by atoms with van der Waals surface area (Å²) in [5.41, 5.74) is 14.1. The minimum Gasteiger partial charge on any atom is -0.493 e. The van der Waals surface area contributed by atoms with E-state index in [1.54, 1.807) is 38.5 Å². The summed E-state index contributed by atoms with van der Waals surface area (Å²) < 4.78 is 24.6. The van der Waals surface area contributed by atoms with Crippen LogP contribution in [0, 0.1) is 5.82 Å². The van der Waals surface area contributed by atoms with Crippen LogP contribution in [0.4, 0.5) is 21.8 Å². The molecule has 1 aliphatic rings. The molecule has 12 heteroatoms. The van der Waals surface area contributed by atoms with Gasteiger partial charge in [-0.25, -0.2) is 19.2 Å². The van der Waals surface area contributed by atoms with Crippen molar-refractivity contribution in [3.63, 3.8) is 0 Å². The van der Waals surface area contributed by atoms with Crippen LogP contribution in [0.25, 0.3) is 10.9 Å². The summed E-state index contributed by atoms with van der Waals surface area (Å²) in [5.74, 6) is -0.412. The van der Waals surface area contributed by atoms with Crippen molar-refractivity contribution in [3.05, 3.63) is 78.1 Å². The lowest BCUT2D eigenvalue weighted by molar-refractivity contribution is -0.129. The maximum absolute atomic E-state index is 13.7. The number of hydrogen-bond donors (Lipinski definition) is 3. The predicted molar refractivity (Wildman–Crippen MR) is 164 cm³/mol. The van der Waals surface area contributed by atoms with Crippen LogP contribution >= 0.6 is 0 Å². The van der Waals surface area contributed by atoms with Crippen LogP contribution in [-0.4, -0.2) is 67.4 Å². The molecule has 1 saturated heterocycles. The average molecular weight is 588 g/mol. The molecule has 2 heterocycles. The molecule has 4 aromatic rings. The number of rotatable bonds is 8. The number of ether oxygens (including phenoxy) is 2. The van der Waals surface area contributed by atoms with Gasteiger partial charge in [-0.1, -0.05) is 30.3 Å². The van der Waals surface area contributed by atoms with E-state index in [1.807, 2.05) is 35.0 Å². The van der Waals surface area contributed by atoms with Crippen molar-refractivity contribution in [2.45, 2.75) is 24.4 Å². The second-order valence-corrected chi connectivity index (χ2v) is 10.6. The molecule has 0 amide bonds. The number of methoxy groups -OCH3 is 2. The zero-order chi connectivity index (χ0) is 30.7. The lowest BCUT2D eigenvalue weighted by atomic mass is 9.71. The summed E-state index contributed by atoms with van der Waals surface area (Å²) in [6.45, 7) is 0.971. The predicted octanol–water partition coefficient (Wildman–Crippen LogP) is 3.81. The smallest absolute Gasteiger partial charge is 0.371 e. The van der Waals surface area contributed by atoms with Gasteiger partial charge in [-0.05, 0) is 48.7 Å².